The van der Waals surface area contributed by atoms with Gasteiger partial charge in [0.05, 0.1) is 10.0 Å². The van der Waals surface area contributed by atoms with Gasteiger partial charge in [-0.25, -0.2) is 8.78 Å². The summed E-state index contributed by atoms with van der Waals surface area (Å²) in [5.74, 6) is -0.0724. The van der Waals surface area contributed by atoms with E-state index < -0.39 is 11.6 Å². The highest BCUT2D eigenvalue weighted by Gasteiger charge is 2.27. The number of carbonyl (C=O) groups excluding carboxylic acids is 2. The van der Waals surface area contributed by atoms with Crippen LogP contribution >= 0.6 is 23.2 Å². The van der Waals surface area contributed by atoms with Crippen molar-refractivity contribution in [2.75, 3.05) is 0 Å². The van der Waals surface area contributed by atoms with E-state index in [0.29, 0.717) is 11.8 Å². The van der Waals surface area contributed by atoms with Gasteiger partial charge >= 0.3 is 0 Å². The summed E-state index contributed by atoms with van der Waals surface area (Å²) in [5.41, 5.74) is 0.438. The summed E-state index contributed by atoms with van der Waals surface area (Å²) in [4.78, 5) is 24.7. The molecule has 0 saturated heterocycles. The molecule has 4 rings (SSSR count). The van der Waals surface area contributed by atoms with E-state index in [0.717, 1.165) is 51.4 Å². The average Bonchev–Trinajstić information content (AvgIpc) is 2.90. The molecule has 2 fully saturated rings. The van der Waals surface area contributed by atoms with Crippen molar-refractivity contribution >= 4 is 47.2 Å². The summed E-state index contributed by atoms with van der Waals surface area (Å²) in [6, 6.07) is 9.15. The number of benzene rings is 2. The van der Waals surface area contributed by atoms with Crippen LogP contribution in [-0.4, -0.2) is 23.9 Å². The molecule has 8 heteroatoms. The lowest BCUT2D eigenvalue weighted by atomic mass is 9.75. The van der Waals surface area contributed by atoms with Gasteiger partial charge in [-0.3, -0.25) is 9.59 Å². The lowest BCUT2D eigenvalue weighted by Gasteiger charge is -2.34. The van der Waals surface area contributed by atoms with Crippen molar-refractivity contribution in [3.63, 3.8) is 0 Å². The smallest absolute Gasteiger partial charge is 0.244 e. The maximum Gasteiger partial charge on any atom is 0.244 e. The summed E-state index contributed by atoms with van der Waals surface area (Å²) in [6.07, 6.45) is 14.8. The van der Waals surface area contributed by atoms with Crippen molar-refractivity contribution in [1.82, 2.24) is 10.6 Å². The Hall–Kier alpha value is -2.70. The van der Waals surface area contributed by atoms with Crippen LogP contribution in [0, 0.1) is 23.5 Å². The van der Waals surface area contributed by atoms with Gasteiger partial charge in [-0.15, -0.1) is 0 Å². The Balaban J connectivity index is 1.13. The molecule has 0 atom stereocenters. The second-order valence-electron chi connectivity index (χ2n) is 10.6. The van der Waals surface area contributed by atoms with E-state index in [9.17, 15) is 18.4 Å². The zero-order chi connectivity index (χ0) is 27.8. The molecule has 4 nitrogen and oxygen atoms in total. The van der Waals surface area contributed by atoms with Crippen molar-refractivity contribution in [2.45, 2.75) is 69.9 Å². The van der Waals surface area contributed by atoms with Crippen LogP contribution in [0.5, 0.6) is 0 Å². The van der Waals surface area contributed by atoms with E-state index in [1.807, 2.05) is 0 Å². The lowest BCUT2D eigenvalue weighted by molar-refractivity contribution is -0.118. The highest BCUT2D eigenvalue weighted by Crippen LogP contribution is 2.35. The second-order valence-corrected chi connectivity index (χ2v) is 11.4. The Kier molecular flexibility index (Phi) is 10.6. The van der Waals surface area contributed by atoms with E-state index in [1.165, 1.54) is 55.0 Å². The fourth-order valence-electron chi connectivity index (χ4n) is 5.71. The molecule has 0 unspecified atom stereocenters. The molecule has 208 valence electrons. The molecule has 2 aliphatic carbocycles. The maximum atomic E-state index is 13.9. The van der Waals surface area contributed by atoms with Gasteiger partial charge in [0.25, 0.3) is 0 Å². The number of amides is 2. The fraction of sp³-hybridized carbons (Fsp3) is 0.419. The van der Waals surface area contributed by atoms with Gasteiger partial charge in [-0.1, -0.05) is 35.3 Å². The molecule has 39 heavy (non-hydrogen) atoms. The first-order chi connectivity index (χ1) is 18.8. The molecule has 0 bridgehead atoms. The van der Waals surface area contributed by atoms with Crippen molar-refractivity contribution in [2.24, 2.45) is 11.8 Å². The quantitative estimate of drug-likeness (QED) is 0.317. The van der Waals surface area contributed by atoms with Crippen molar-refractivity contribution < 1.29 is 18.4 Å². The van der Waals surface area contributed by atoms with Gasteiger partial charge in [0.15, 0.2) is 0 Å². The molecule has 0 aromatic heterocycles. The van der Waals surface area contributed by atoms with Gasteiger partial charge < -0.3 is 10.6 Å². The normalized spacial score (nSPS) is 23.7. The number of carbonyl (C=O) groups is 2. The molecule has 0 spiro atoms. The van der Waals surface area contributed by atoms with Gasteiger partial charge in [0, 0.05) is 35.4 Å². The van der Waals surface area contributed by atoms with Crippen LogP contribution in [0.1, 0.15) is 68.9 Å². The largest absolute Gasteiger partial charge is 0.350 e. The number of hydrogen-bond acceptors (Lipinski definition) is 2. The predicted molar refractivity (Wildman–Crippen MR) is 153 cm³/mol. The minimum Gasteiger partial charge on any atom is -0.350 e. The topological polar surface area (TPSA) is 58.2 Å². The van der Waals surface area contributed by atoms with E-state index in [-0.39, 0.29) is 45.1 Å². The standard InChI is InChI=1S/C31H34Cl2F2N2O2/c32-26-3-1-5-28(34)24(26)15-17-30(38)36-22-11-7-20(8-12-22)19-21-9-13-23(14-10-21)37-31(39)18-16-25-27(33)4-2-6-29(25)35/h1-6,15-18,20-23H,7-14,19H2,(H,36,38)(H,37,39)/b17-15+,18-16+. The Bertz CT molecular complexity index is 1080. The summed E-state index contributed by atoms with van der Waals surface area (Å²) in [6.45, 7) is 0. The predicted octanol–water partition coefficient (Wildman–Crippen LogP) is 7.74. The van der Waals surface area contributed by atoms with Crippen LogP contribution in [0.4, 0.5) is 8.78 Å². The first kappa shape index (κ1) is 29.3. The lowest BCUT2D eigenvalue weighted by Crippen LogP contribution is -2.38. The van der Waals surface area contributed by atoms with Crippen LogP contribution in [0.25, 0.3) is 12.2 Å². The maximum absolute atomic E-state index is 13.9. The fourth-order valence-corrected chi connectivity index (χ4v) is 6.16. The van der Waals surface area contributed by atoms with Crippen molar-refractivity contribution in [3.05, 3.63) is 81.4 Å². The Morgan fingerprint density at radius 2 is 1.08 bits per heavy atom. The molecule has 2 aliphatic rings. The molecule has 0 radical (unpaired) electrons. The SMILES string of the molecule is O=C(/C=C/c1c(F)cccc1Cl)NC1CCC(CC2CCC(NC(=O)/C=C/c3c(F)cccc3Cl)CC2)CC1. The van der Waals surface area contributed by atoms with E-state index >= 15 is 0 Å². The third-order valence-corrected chi connectivity index (χ3v) is 8.51. The summed E-state index contributed by atoms with van der Waals surface area (Å²) in [5, 5.41) is 6.63. The van der Waals surface area contributed by atoms with Crippen molar-refractivity contribution in [1.29, 1.82) is 0 Å². The van der Waals surface area contributed by atoms with Crippen molar-refractivity contribution in [3.8, 4) is 0 Å². The van der Waals surface area contributed by atoms with Gasteiger partial charge in [-0.2, -0.15) is 0 Å². The minimum absolute atomic E-state index is 0.132. The number of rotatable bonds is 8. The van der Waals surface area contributed by atoms with Crippen LogP contribution < -0.4 is 10.6 Å². The van der Waals surface area contributed by atoms with Crippen LogP contribution in [0.2, 0.25) is 10.0 Å². The molecule has 2 amide bonds. The molecule has 2 aromatic rings. The van der Waals surface area contributed by atoms with Crippen LogP contribution in [0.15, 0.2) is 48.6 Å². The highest BCUT2D eigenvalue weighted by molar-refractivity contribution is 6.32. The molecular formula is C31H34Cl2F2N2O2. The van der Waals surface area contributed by atoms with Crippen LogP contribution in [-0.2, 0) is 9.59 Å². The molecule has 2 N–H and O–H groups in total. The zero-order valence-corrected chi connectivity index (χ0v) is 23.3. The van der Waals surface area contributed by atoms with Crippen LogP contribution in [0.3, 0.4) is 0 Å². The van der Waals surface area contributed by atoms with E-state index in [4.69, 9.17) is 23.2 Å². The second kappa shape index (κ2) is 14.1. The third-order valence-electron chi connectivity index (χ3n) is 7.86. The highest BCUT2D eigenvalue weighted by atomic mass is 35.5. The van der Waals surface area contributed by atoms with E-state index in [2.05, 4.69) is 10.6 Å². The molecule has 2 aromatic carbocycles. The summed E-state index contributed by atoms with van der Waals surface area (Å²) in [7, 11) is 0. The summed E-state index contributed by atoms with van der Waals surface area (Å²) >= 11 is 12.0. The first-order valence-electron chi connectivity index (χ1n) is 13.6. The zero-order valence-electron chi connectivity index (χ0n) is 21.8. The average molecular weight is 576 g/mol. The van der Waals surface area contributed by atoms with Gasteiger partial charge in [0.2, 0.25) is 11.8 Å². The summed E-state index contributed by atoms with van der Waals surface area (Å²) < 4.78 is 27.8. The first-order valence-corrected chi connectivity index (χ1v) is 14.4. The monoisotopic (exact) mass is 574 g/mol. The van der Waals surface area contributed by atoms with Gasteiger partial charge in [-0.05, 0) is 106 Å². The number of nitrogens with one attached hydrogen (secondary N) is 2. The molecule has 0 heterocycles. The number of halogens is 4. The Morgan fingerprint density at radius 3 is 1.44 bits per heavy atom. The minimum atomic E-state index is -0.453. The third kappa shape index (κ3) is 8.64. The molecule has 0 aliphatic heterocycles. The number of hydrogen-bond donors (Lipinski definition) is 2. The van der Waals surface area contributed by atoms with Gasteiger partial charge in [0.1, 0.15) is 11.6 Å². The Morgan fingerprint density at radius 1 is 0.692 bits per heavy atom. The van der Waals surface area contributed by atoms with E-state index in [1.54, 1.807) is 12.1 Å². The Labute approximate surface area is 238 Å². The molecule has 2 saturated carbocycles. The molecular weight excluding hydrogens is 541 g/mol.